The number of nitrogens with zero attached hydrogens (tertiary/aromatic N) is 1. The van der Waals surface area contributed by atoms with Crippen LogP contribution in [0.1, 0.15) is 26.3 Å². The second-order valence-corrected chi connectivity index (χ2v) is 9.88. The average molecular weight is 376 g/mol. The maximum absolute atomic E-state index is 14.3. The van der Waals surface area contributed by atoms with E-state index >= 15 is 0 Å². The normalized spacial score (nSPS) is 31.8. The largest absolute Gasteiger partial charge is 0.398 e. The zero-order valence-electron chi connectivity index (χ0n) is 12.2. The van der Waals surface area contributed by atoms with E-state index in [1.165, 1.54) is 12.1 Å². The van der Waals surface area contributed by atoms with Gasteiger partial charge in [-0.05, 0) is 64.2 Å². The Morgan fingerprint density at radius 2 is 1.95 bits per heavy atom. The van der Waals surface area contributed by atoms with Gasteiger partial charge >= 0.3 is 0 Å². The Morgan fingerprint density at radius 1 is 1.38 bits per heavy atom. The van der Waals surface area contributed by atoms with E-state index in [4.69, 9.17) is 11.5 Å². The van der Waals surface area contributed by atoms with Crippen LogP contribution >= 0.6 is 15.9 Å². The lowest BCUT2D eigenvalue weighted by Gasteiger charge is -2.41. The van der Waals surface area contributed by atoms with Crippen molar-refractivity contribution in [2.75, 3.05) is 11.5 Å². The minimum Gasteiger partial charge on any atom is -0.398 e. The van der Waals surface area contributed by atoms with E-state index in [1.807, 2.05) is 0 Å². The molecule has 21 heavy (non-hydrogen) atoms. The van der Waals surface area contributed by atoms with E-state index in [-0.39, 0.29) is 17.2 Å². The molecule has 2 rings (SSSR count). The van der Waals surface area contributed by atoms with Crippen LogP contribution in [0.5, 0.6) is 0 Å². The van der Waals surface area contributed by atoms with E-state index in [9.17, 15) is 8.60 Å². The van der Waals surface area contributed by atoms with Crippen LogP contribution in [0.25, 0.3) is 0 Å². The van der Waals surface area contributed by atoms with E-state index in [0.717, 1.165) is 0 Å². The molecule has 0 saturated carbocycles. The molecule has 1 unspecified atom stereocenters. The van der Waals surface area contributed by atoms with Gasteiger partial charge < -0.3 is 11.5 Å². The first-order chi connectivity index (χ1) is 9.41. The minimum absolute atomic E-state index is 0.117. The Kier molecular flexibility index (Phi) is 3.65. The lowest BCUT2D eigenvalue weighted by molar-refractivity contribution is 0.493. The van der Waals surface area contributed by atoms with Crippen LogP contribution in [0.3, 0.4) is 0 Å². The number of benzene rings is 1. The topological polar surface area (TPSA) is 81.5 Å². The lowest BCUT2D eigenvalue weighted by Crippen LogP contribution is -2.54. The van der Waals surface area contributed by atoms with E-state index in [2.05, 4.69) is 26.8 Å². The first-order valence-electron chi connectivity index (χ1n) is 6.36. The highest BCUT2D eigenvalue weighted by atomic mass is 79.9. The molecule has 1 aliphatic rings. The monoisotopic (exact) mass is 375 g/mol. The number of rotatable bonds is 1. The van der Waals surface area contributed by atoms with E-state index < -0.39 is 25.6 Å². The van der Waals surface area contributed by atoms with Crippen molar-refractivity contribution in [3.05, 3.63) is 28.0 Å². The number of anilines is 1. The fraction of sp³-hybridized carbons (Fsp3) is 0.429. The maximum Gasteiger partial charge on any atom is 0.130 e. The third-order valence-corrected chi connectivity index (χ3v) is 7.88. The molecule has 1 heterocycles. The number of amidine groups is 1. The van der Waals surface area contributed by atoms with Crippen LogP contribution in [0, 0.1) is 5.82 Å². The molecule has 116 valence electrons. The van der Waals surface area contributed by atoms with Crippen LogP contribution in [0.15, 0.2) is 21.6 Å². The van der Waals surface area contributed by atoms with Crippen molar-refractivity contribution in [1.82, 2.24) is 0 Å². The second-order valence-electron chi connectivity index (χ2n) is 6.09. The van der Waals surface area contributed by atoms with Gasteiger partial charge in [-0.15, -0.1) is 0 Å². The SMILES string of the molecule is C=S1(=O)C[C@@](C)(c2cc(N)c(Br)cc2F)N=C(N)C1(C)C. The summed E-state index contributed by atoms with van der Waals surface area (Å²) in [5.41, 5.74) is 11.4. The quantitative estimate of drug-likeness (QED) is 0.583. The number of hydrogen-bond acceptors (Lipinski definition) is 4. The lowest BCUT2D eigenvalue weighted by atomic mass is 9.93. The molecule has 1 aromatic rings. The summed E-state index contributed by atoms with van der Waals surface area (Å²) in [5.74, 6) is 3.70. The van der Waals surface area contributed by atoms with Gasteiger partial charge in [0.2, 0.25) is 0 Å². The molecule has 0 aromatic heterocycles. The molecule has 0 saturated heterocycles. The highest BCUT2D eigenvalue weighted by Gasteiger charge is 2.45. The van der Waals surface area contributed by atoms with Gasteiger partial charge in [0.25, 0.3) is 0 Å². The van der Waals surface area contributed by atoms with Crippen molar-refractivity contribution in [1.29, 1.82) is 0 Å². The first-order valence-corrected chi connectivity index (χ1v) is 9.05. The van der Waals surface area contributed by atoms with Crippen LogP contribution in [0.4, 0.5) is 10.1 Å². The van der Waals surface area contributed by atoms with Gasteiger partial charge in [0, 0.05) is 21.5 Å². The molecule has 1 aromatic carbocycles. The molecule has 4 nitrogen and oxygen atoms in total. The maximum atomic E-state index is 14.3. The molecular formula is C14H19BrFN3OS. The molecule has 0 fully saturated rings. The molecule has 1 aliphatic heterocycles. The predicted octanol–water partition coefficient (Wildman–Crippen LogP) is 2.25. The zero-order chi connectivity index (χ0) is 16.2. The number of nitrogens with two attached hydrogens (primary N) is 2. The van der Waals surface area contributed by atoms with Crippen molar-refractivity contribution in [2.45, 2.75) is 31.1 Å². The minimum atomic E-state index is -2.58. The van der Waals surface area contributed by atoms with Gasteiger partial charge in [0.05, 0.1) is 10.3 Å². The van der Waals surface area contributed by atoms with Crippen LogP contribution in [0.2, 0.25) is 0 Å². The summed E-state index contributed by atoms with van der Waals surface area (Å²) >= 11 is 3.18. The summed E-state index contributed by atoms with van der Waals surface area (Å²) in [4.78, 5) is 4.43. The van der Waals surface area contributed by atoms with E-state index in [0.29, 0.717) is 10.2 Å². The predicted molar refractivity (Wildman–Crippen MR) is 91.7 cm³/mol. The molecule has 4 N–H and O–H groups in total. The van der Waals surface area contributed by atoms with Crippen molar-refractivity contribution >= 4 is 42.8 Å². The second kappa shape index (κ2) is 4.71. The molecule has 0 radical (unpaired) electrons. The molecule has 0 spiro atoms. The third-order valence-electron chi connectivity index (χ3n) is 4.09. The highest BCUT2D eigenvalue weighted by Crippen LogP contribution is 2.39. The Hall–Kier alpha value is -1.08. The van der Waals surface area contributed by atoms with Gasteiger partial charge in [-0.2, -0.15) is 0 Å². The summed E-state index contributed by atoms with van der Waals surface area (Å²) < 4.78 is 26.9. The highest BCUT2D eigenvalue weighted by molar-refractivity contribution is 9.10. The van der Waals surface area contributed by atoms with Crippen molar-refractivity contribution in [2.24, 2.45) is 10.7 Å². The fourth-order valence-electron chi connectivity index (χ4n) is 2.37. The van der Waals surface area contributed by atoms with Crippen molar-refractivity contribution < 1.29 is 8.60 Å². The van der Waals surface area contributed by atoms with Gasteiger partial charge in [-0.3, -0.25) is 9.20 Å². The number of nitrogen functional groups attached to an aromatic ring is 1. The molecular weight excluding hydrogens is 357 g/mol. The smallest absolute Gasteiger partial charge is 0.130 e. The molecule has 0 amide bonds. The van der Waals surface area contributed by atoms with Crippen molar-refractivity contribution in [3.63, 3.8) is 0 Å². The number of halogens is 2. The number of hydrogen-bond donors (Lipinski definition) is 2. The fourth-order valence-corrected chi connectivity index (χ4v) is 4.61. The molecule has 7 heteroatoms. The van der Waals surface area contributed by atoms with Gasteiger partial charge in [-0.25, -0.2) is 4.39 Å². The summed E-state index contributed by atoms with van der Waals surface area (Å²) in [6.07, 6.45) is 0. The summed E-state index contributed by atoms with van der Waals surface area (Å²) in [7, 11) is -2.58. The zero-order valence-corrected chi connectivity index (χ0v) is 14.6. The first kappa shape index (κ1) is 16.3. The molecule has 2 atom stereocenters. The summed E-state index contributed by atoms with van der Waals surface area (Å²) in [6, 6.07) is 2.79. The van der Waals surface area contributed by atoms with Crippen LogP contribution < -0.4 is 11.5 Å². The van der Waals surface area contributed by atoms with Crippen LogP contribution in [-0.4, -0.2) is 26.4 Å². The third kappa shape index (κ3) is 2.46. The van der Waals surface area contributed by atoms with Crippen molar-refractivity contribution in [3.8, 4) is 0 Å². The average Bonchev–Trinajstić information content (AvgIpc) is 2.31. The molecule has 0 bridgehead atoms. The Morgan fingerprint density at radius 3 is 2.48 bits per heavy atom. The Balaban J connectivity index is 2.70. The van der Waals surface area contributed by atoms with Crippen LogP contribution in [-0.2, 0) is 15.1 Å². The van der Waals surface area contributed by atoms with Gasteiger partial charge in [-0.1, -0.05) is 0 Å². The summed E-state index contributed by atoms with van der Waals surface area (Å²) in [6.45, 7) is 5.19. The Labute approximate surface area is 132 Å². The van der Waals surface area contributed by atoms with E-state index in [1.54, 1.807) is 20.8 Å². The number of aliphatic imine (C=N–C) groups is 1. The van der Waals surface area contributed by atoms with Gasteiger partial charge in [0.15, 0.2) is 0 Å². The molecule has 0 aliphatic carbocycles. The summed E-state index contributed by atoms with van der Waals surface area (Å²) in [5, 5.41) is 0. The standard InChI is InChI=1S/C14H19BrFN3OS/c1-13(2)12(18)19-14(3,7-21(13,4)20)8-5-11(17)9(15)6-10(8)16/h5-6H,4,7,17H2,1-3H3,(H2,18,19)/t14-,21?/m0/s1. The van der Waals surface area contributed by atoms with Gasteiger partial charge in [0.1, 0.15) is 11.7 Å². The Bertz CT molecular complexity index is 743.